The van der Waals surface area contributed by atoms with Crippen LogP contribution in [0.3, 0.4) is 0 Å². The summed E-state index contributed by atoms with van der Waals surface area (Å²) in [7, 11) is 0. The molecule has 188 valence electrons. The SMILES string of the molecule is N#Cc1c(-c2[nH]nc3c(F)cc(F)cc23)nc(N[C@@H]2C3CCC(CC3)[C@H]2C(=O)O)c(F)c1-c1ccco1. The Morgan fingerprint density at radius 3 is 2.62 bits per heavy atom. The number of nitrogens with zero attached hydrogens (tertiary/aromatic N) is 3. The molecule has 3 heterocycles. The van der Waals surface area contributed by atoms with Gasteiger partial charge < -0.3 is 14.8 Å². The van der Waals surface area contributed by atoms with Gasteiger partial charge in [-0.05, 0) is 55.7 Å². The summed E-state index contributed by atoms with van der Waals surface area (Å²) in [6.45, 7) is 0. The van der Waals surface area contributed by atoms with Gasteiger partial charge in [-0.15, -0.1) is 0 Å². The first-order valence-electron chi connectivity index (χ1n) is 11.9. The monoisotopic (exact) mass is 507 g/mol. The van der Waals surface area contributed by atoms with Gasteiger partial charge in [0.05, 0.1) is 29.0 Å². The fraction of sp³-hybridized carbons (Fsp3) is 0.308. The van der Waals surface area contributed by atoms with E-state index in [4.69, 9.17) is 4.42 Å². The number of halogens is 3. The number of hydrogen-bond donors (Lipinski definition) is 3. The molecule has 0 unspecified atom stereocenters. The Labute approximate surface area is 208 Å². The number of carbonyl (C=O) groups is 1. The minimum absolute atomic E-state index is 0.00892. The molecule has 3 saturated carbocycles. The lowest BCUT2D eigenvalue weighted by Crippen LogP contribution is -2.51. The molecule has 0 radical (unpaired) electrons. The van der Waals surface area contributed by atoms with Crippen LogP contribution in [0.15, 0.2) is 34.9 Å². The van der Waals surface area contributed by atoms with Crippen LogP contribution in [0.5, 0.6) is 0 Å². The summed E-state index contributed by atoms with van der Waals surface area (Å²) in [6.07, 6.45) is 4.53. The van der Waals surface area contributed by atoms with Crippen molar-refractivity contribution in [3.63, 3.8) is 0 Å². The minimum Gasteiger partial charge on any atom is -0.481 e. The predicted octanol–water partition coefficient (Wildman–Crippen LogP) is 5.48. The Hall–Kier alpha value is -4.33. The maximum atomic E-state index is 16.0. The molecule has 3 aliphatic rings. The van der Waals surface area contributed by atoms with E-state index in [9.17, 15) is 23.9 Å². The van der Waals surface area contributed by atoms with E-state index >= 15 is 4.39 Å². The lowest BCUT2D eigenvalue weighted by Gasteiger charge is -2.47. The van der Waals surface area contributed by atoms with Crippen molar-refractivity contribution in [3.8, 4) is 28.8 Å². The molecule has 3 N–H and O–H groups in total. The van der Waals surface area contributed by atoms with Gasteiger partial charge >= 0.3 is 5.97 Å². The molecule has 0 saturated heterocycles. The van der Waals surface area contributed by atoms with Gasteiger partial charge in [0.15, 0.2) is 17.5 Å². The summed E-state index contributed by atoms with van der Waals surface area (Å²) >= 11 is 0. The Morgan fingerprint density at radius 1 is 1.19 bits per heavy atom. The molecule has 7 rings (SSSR count). The summed E-state index contributed by atoms with van der Waals surface area (Å²) < 4.78 is 49.9. The van der Waals surface area contributed by atoms with Gasteiger partial charge in [-0.25, -0.2) is 18.2 Å². The van der Waals surface area contributed by atoms with Crippen molar-refractivity contribution in [3.05, 3.63) is 53.5 Å². The number of aromatic amines is 1. The standard InChI is InChI=1S/C26H20F3N5O3/c27-13-8-14-22(16(28)9-13)33-34-24(14)23-15(10-30)19(17-2-1-7-37-17)20(29)25(32-23)31-21-12-5-3-11(4-6-12)18(21)26(35)36/h1-2,7-9,11-12,18,21H,3-6H2,(H,31,32)(H,33,34)(H,35,36)/t11?,12?,18-,21-/m1/s1. The highest BCUT2D eigenvalue weighted by molar-refractivity contribution is 5.95. The highest BCUT2D eigenvalue weighted by atomic mass is 19.1. The number of hydrogen-bond acceptors (Lipinski definition) is 6. The third-order valence-electron chi connectivity index (χ3n) is 7.64. The first-order valence-corrected chi connectivity index (χ1v) is 11.9. The average Bonchev–Trinajstić information content (AvgIpc) is 3.56. The minimum atomic E-state index is -0.960. The van der Waals surface area contributed by atoms with Gasteiger partial charge in [0.25, 0.3) is 0 Å². The van der Waals surface area contributed by atoms with E-state index in [1.54, 1.807) is 0 Å². The number of nitriles is 1. The van der Waals surface area contributed by atoms with Crippen molar-refractivity contribution in [1.82, 2.24) is 15.2 Å². The second-order valence-electron chi connectivity index (χ2n) is 9.55. The van der Waals surface area contributed by atoms with Gasteiger partial charge in [-0.3, -0.25) is 9.89 Å². The molecule has 3 aromatic heterocycles. The lowest BCUT2D eigenvalue weighted by atomic mass is 9.61. The maximum absolute atomic E-state index is 16.0. The number of benzene rings is 1. The quantitative estimate of drug-likeness (QED) is 0.327. The number of rotatable bonds is 5. The summed E-state index contributed by atoms with van der Waals surface area (Å²) in [4.78, 5) is 16.5. The van der Waals surface area contributed by atoms with E-state index in [0.717, 1.165) is 31.7 Å². The number of carboxylic acids is 1. The number of fused-ring (bicyclic) bond motifs is 4. The van der Waals surface area contributed by atoms with E-state index in [1.807, 2.05) is 6.07 Å². The van der Waals surface area contributed by atoms with E-state index in [0.29, 0.717) is 6.07 Å². The Balaban J connectivity index is 1.57. The third kappa shape index (κ3) is 3.63. The van der Waals surface area contributed by atoms with Gasteiger partial charge in [-0.1, -0.05) is 0 Å². The zero-order valence-corrected chi connectivity index (χ0v) is 19.3. The molecule has 0 spiro atoms. The van der Waals surface area contributed by atoms with Gasteiger partial charge in [0, 0.05) is 17.5 Å². The molecule has 11 heteroatoms. The largest absolute Gasteiger partial charge is 0.481 e. The molecule has 3 fully saturated rings. The summed E-state index contributed by atoms with van der Waals surface area (Å²) in [6, 6.07) is 6.09. The molecule has 3 aliphatic carbocycles. The average molecular weight is 507 g/mol. The van der Waals surface area contributed by atoms with Crippen LogP contribution in [0.4, 0.5) is 19.0 Å². The number of H-pyrrole nitrogens is 1. The van der Waals surface area contributed by atoms with Crippen LogP contribution in [0, 0.1) is 46.5 Å². The molecule has 0 amide bonds. The molecule has 37 heavy (non-hydrogen) atoms. The highest BCUT2D eigenvalue weighted by Gasteiger charge is 2.48. The Bertz CT molecular complexity index is 1570. The smallest absolute Gasteiger partial charge is 0.308 e. The van der Waals surface area contributed by atoms with E-state index in [2.05, 4.69) is 20.5 Å². The van der Waals surface area contributed by atoms with Crippen molar-refractivity contribution in [2.75, 3.05) is 5.32 Å². The van der Waals surface area contributed by atoms with Crippen LogP contribution in [0.1, 0.15) is 31.2 Å². The van der Waals surface area contributed by atoms with Crippen LogP contribution >= 0.6 is 0 Å². The zero-order chi connectivity index (χ0) is 25.8. The number of anilines is 1. The summed E-state index contributed by atoms with van der Waals surface area (Å²) in [5.74, 6) is -4.60. The first kappa shape index (κ1) is 23.1. The second-order valence-corrected chi connectivity index (χ2v) is 9.55. The first-order chi connectivity index (χ1) is 17.9. The fourth-order valence-corrected chi connectivity index (χ4v) is 5.99. The van der Waals surface area contributed by atoms with Gasteiger partial charge in [-0.2, -0.15) is 10.4 Å². The van der Waals surface area contributed by atoms with Crippen molar-refractivity contribution in [2.24, 2.45) is 17.8 Å². The van der Waals surface area contributed by atoms with Crippen molar-refractivity contribution < 1.29 is 27.5 Å². The number of nitrogens with one attached hydrogen (secondary N) is 2. The number of carboxylic acid groups (broad SMARTS) is 1. The normalized spacial score (nSPS) is 22.8. The predicted molar refractivity (Wildman–Crippen MR) is 126 cm³/mol. The van der Waals surface area contributed by atoms with E-state index in [1.165, 1.54) is 18.4 Å². The number of furan rings is 1. The zero-order valence-electron chi connectivity index (χ0n) is 19.3. The summed E-state index contributed by atoms with van der Waals surface area (Å²) in [5, 5.41) is 29.5. The van der Waals surface area contributed by atoms with Crippen LogP contribution in [-0.4, -0.2) is 32.3 Å². The number of aliphatic carboxylic acids is 1. The van der Waals surface area contributed by atoms with E-state index in [-0.39, 0.29) is 56.8 Å². The lowest BCUT2D eigenvalue weighted by molar-refractivity contribution is -0.148. The van der Waals surface area contributed by atoms with Gasteiger partial charge in [0.1, 0.15) is 28.9 Å². The molecular weight excluding hydrogens is 487 g/mol. The second kappa shape index (κ2) is 8.65. The molecule has 2 bridgehead atoms. The topological polar surface area (TPSA) is 128 Å². The van der Waals surface area contributed by atoms with Gasteiger partial charge in [0.2, 0.25) is 0 Å². The van der Waals surface area contributed by atoms with E-state index < -0.39 is 35.4 Å². The molecular formula is C26H20F3N5O3. The molecule has 2 atom stereocenters. The van der Waals surface area contributed by atoms with Crippen LogP contribution in [-0.2, 0) is 4.79 Å². The van der Waals surface area contributed by atoms with Crippen LogP contribution in [0.2, 0.25) is 0 Å². The van der Waals surface area contributed by atoms with Crippen LogP contribution in [0.25, 0.3) is 33.6 Å². The highest BCUT2D eigenvalue weighted by Crippen LogP contribution is 2.47. The third-order valence-corrected chi connectivity index (χ3v) is 7.64. The molecule has 4 aromatic rings. The van der Waals surface area contributed by atoms with Crippen molar-refractivity contribution in [1.29, 1.82) is 5.26 Å². The molecule has 8 nitrogen and oxygen atoms in total. The van der Waals surface area contributed by atoms with Crippen LogP contribution < -0.4 is 5.32 Å². The molecule has 0 aliphatic heterocycles. The molecule has 1 aromatic carbocycles. The Morgan fingerprint density at radius 2 is 1.95 bits per heavy atom. The maximum Gasteiger partial charge on any atom is 0.308 e. The summed E-state index contributed by atoms with van der Waals surface area (Å²) in [5.41, 5.74) is -0.685. The fourth-order valence-electron chi connectivity index (χ4n) is 5.99. The number of aromatic nitrogens is 3. The van der Waals surface area contributed by atoms with Crippen molar-refractivity contribution >= 4 is 22.7 Å². The number of pyridine rings is 1. The van der Waals surface area contributed by atoms with Crippen molar-refractivity contribution in [2.45, 2.75) is 31.7 Å². The Kier molecular flexibility index (Phi) is 5.40.